The summed E-state index contributed by atoms with van der Waals surface area (Å²) >= 11 is 0. The highest BCUT2D eigenvalue weighted by molar-refractivity contribution is 5.96. The van der Waals surface area contributed by atoms with E-state index in [1.807, 2.05) is 0 Å². The molecule has 7 rings (SSSR count). The van der Waals surface area contributed by atoms with Crippen molar-refractivity contribution in [2.75, 3.05) is 0 Å². The molecule has 0 fully saturated rings. The lowest BCUT2D eigenvalue weighted by Gasteiger charge is -2.22. The lowest BCUT2D eigenvalue weighted by Crippen LogP contribution is -2.08. The van der Waals surface area contributed by atoms with Gasteiger partial charge in [-0.3, -0.25) is 4.57 Å². The van der Waals surface area contributed by atoms with Crippen LogP contribution in [0.1, 0.15) is 50.7 Å². The lowest BCUT2D eigenvalue weighted by atomic mass is 9.92. The molecule has 1 heterocycles. The van der Waals surface area contributed by atoms with E-state index in [-0.39, 0.29) is 0 Å². The van der Waals surface area contributed by atoms with E-state index in [4.69, 9.17) is 4.98 Å². The Morgan fingerprint density at radius 2 is 0.911 bits per heavy atom. The Balaban J connectivity index is 1.44. The van der Waals surface area contributed by atoms with Gasteiger partial charge >= 0.3 is 0 Å². The van der Waals surface area contributed by atoms with Crippen LogP contribution >= 0.6 is 0 Å². The fourth-order valence-corrected chi connectivity index (χ4v) is 6.48. The monoisotopic (exact) mass is 582 g/mol. The number of fused-ring (bicyclic) bond motifs is 1. The van der Waals surface area contributed by atoms with Crippen LogP contribution in [0.4, 0.5) is 0 Å². The molecule has 0 bridgehead atoms. The average molecular weight is 583 g/mol. The van der Waals surface area contributed by atoms with E-state index in [0.29, 0.717) is 11.8 Å². The van der Waals surface area contributed by atoms with Crippen molar-refractivity contribution in [2.45, 2.75) is 39.5 Å². The first kappa shape index (κ1) is 28.6. The molecule has 7 aromatic rings. The molecule has 2 heteroatoms. The quantitative estimate of drug-likeness (QED) is 0.183. The smallest absolute Gasteiger partial charge is 0.145 e. The number of benzene rings is 6. The number of imidazole rings is 1. The number of hydrogen-bond donors (Lipinski definition) is 0. The molecule has 1 aromatic heterocycles. The third-order valence-electron chi connectivity index (χ3n) is 8.76. The van der Waals surface area contributed by atoms with Gasteiger partial charge in [0, 0.05) is 11.1 Å². The molecule has 220 valence electrons. The summed E-state index contributed by atoms with van der Waals surface area (Å²) < 4.78 is 2.42. The van der Waals surface area contributed by atoms with Crippen LogP contribution in [0.2, 0.25) is 0 Å². The molecule has 0 aliphatic carbocycles. The van der Waals surface area contributed by atoms with Crippen molar-refractivity contribution in [1.29, 1.82) is 0 Å². The van der Waals surface area contributed by atoms with Crippen molar-refractivity contribution in [1.82, 2.24) is 9.55 Å². The summed E-state index contributed by atoms with van der Waals surface area (Å²) in [7, 11) is 0. The van der Waals surface area contributed by atoms with E-state index in [1.165, 1.54) is 39.1 Å². The van der Waals surface area contributed by atoms with Gasteiger partial charge in [0.2, 0.25) is 0 Å². The first-order valence-corrected chi connectivity index (χ1v) is 16.0. The van der Waals surface area contributed by atoms with Crippen LogP contribution in [0.5, 0.6) is 0 Å². The van der Waals surface area contributed by atoms with Gasteiger partial charge in [-0.25, -0.2) is 4.98 Å². The number of nitrogens with zero attached hydrogens (tertiary/aromatic N) is 2. The van der Waals surface area contributed by atoms with E-state index in [2.05, 4.69) is 178 Å². The van der Waals surface area contributed by atoms with Crippen molar-refractivity contribution in [3.8, 4) is 50.5 Å². The third-order valence-corrected chi connectivity index (χ3v) is 8.76. The topological polar surface area (TPSA) is 17.8 Å². The molecule has 0 amide bonds. The highest BCUT2D eigenvalue weighted by Crippen LogP contribution is 2.40. The SMILES string of the molecule is CC(C)c1cccc(C(C)C)c1-n1c(-c2ccccc2)nc2c(-c3cccc(-c4cccc(-c5ccccc5)c4)c3)cccc21. The molecule has 0 N–H and O–H groups in total. The van der Waals surface area contributed by atoms with Crippen molar-refractivity contribution < 1.29 is 0 Å². The van der Waals surface area contributed by atoms with Gasteiger partial charge in [0.25, 0.3) is 0 Å². The van der Waals surface area contributed by atoms with E-state index in [1.54, 1.807) is 0 Å². The molecular formula is C43H38N2. The predicted molar refractivity (Wildman–Crippen MR) is 191 cm³/mol. The Hall–Kier alpha value is -5.21. The second-order valence-corrected chi connectivity index (χ2v) is 12.4. The molecule has 0 aliphatic heterocycles. The zero-order valence-corrected chi connectivity index (χ0v) is 26.4. The largest absolute Gasteiger partial charge is 0.292 e. The lowest BCUT2D eigenvalue weighted by molar-refractivity contribution is 0.811. The normalized spacial score (nSPS) is 11.5. The summed E-state index contributed by atoms with van der Waals surface area (Å²) in [5.74, 6) is 1.71. The Bertz CT molecular complexity index is 2070. The number of aromatic nitrogens is 2. The summed E-state index contributed by atoms with van der Waals surface area (Å²) in [6.45, 7) is 9.14. The van der Waals surface area contributed by atoms with Gasteiger partial charge in [0.05, 0.1) is 16.7 Å². The number of para-hydroxylation sites is 2. The molecule has 0 saturated carbocycles. The molecule has 0 saturated heterocycles. The van der Waals surface area contributed by atoms with E-state index < -0.39 is 0 Å². The maximum Gasteiger partial charge on any atom is 0.145 e. The Labute approximate surface area is 266 Å². The molecule has 0 radical (unpaired) electrons. The van der Waals surface area contributed by atoms with Crippen molar-refractivity contribution in [3.05, 3.63) is 157 Å². The first-order chi connectivity index (χ1) is 22.0. The minimum Gasteiger partial charge on any atom is -0.292 e. The summed E-state index contributed by atoms with van der Waals surface area (Å²) in [6, 6.07) is 52.3. The predicted octanol–water partition coefficient (Wildman–Crippen LogP) is 11.9. The van der Waals surface area contributed by atoms with Crippen molar-refractivity contribution in [2.24, 2.45) is 0 Å². The van der Waals surface area contributed by atoms with Crippen LogP contribution in [0, 0.1) is 0 Å². The molecule has 0 aliphatic rings. The molecular weight excluding hydrogens is 544 g/mol. The van der Waals surface area contributed by atoms with Gasteiger partial charge in [-0.05, 0) is 69.0 Å². The molecule has 45 heavy (non-hydrogen) atoms. The zero-order chi connectivity index (χ0) is 30.9. The standard InChI is InChI=1S/C43H38N2/c1-29(2)37-23-13-24-38(30(3)4)42(37)45-40-26-14-25-39(41(40)44-43(45)32-17-9-6-10-18-32)36-22-12-21-35(28-36)34-20-11-19-33(27-34)31-15-7-5-8-16-31/h5-30H,1-4H3. The maximum atomic E-state index is 5.46. The van der Waals surface area contributed by atoms with Gasteiger partial charge < -0.3 is 0 Å². The molecule has 0 atom stereocenters. The third kappa shape index (κ3) is 5.38. The van der Waals surface area contributed by atoms with E-state index in [0.717, 1.165) is 33.5 Å². The molecule has 2 nitrogen and oxygen atoms in total. The van der Waals surface area contributed by atoms with Gasteiger partial charge in [0.15, 0.2) is 0 Å². The second-order valence-electron chi connectivity index (χ2n) is 12.4. The van der Waals surface area contributed by atoms with Gasteiger partial charge in [-0.2, -0.15) is 0 Å². The van der Waals surface area contributed by atoms with Crippen LogP contribution in [0.3, 0.4) is 0 Å². The summed E-state index contributed by atoms with van der Waals surface area (Å²) in [5, 5.41) is 0. The Morgan fingerprint density at radius 1 is 0.444 bits per heavy atom. The highest BCUT2D eigenvalue weighted by Gasteiger charge is 2.23. The number of hydrogen-bond acceptors (Lipinski definition) is 1. The average Bonchev–Trinajstić information content (AvgIpc) is 3.48. The molecule has 0 unspecified atom stereocenters. The van der Waals surface area contributed by atoms with Crippen LogP contribution in [0.15, 0.2) is 146 Å². The van der Waals surface area contributed by atoms with Crippen LogP contribution in [-0.2, 0) is 0 Å². The highest BCUT2D eigenvalue weighted by atomic mass is 15.1. The molecule has 0 spiro atoms. The minimum atomic E-state index is 0.367. The summed E-state index contributed by atoms with van der Waals surface area (Å²) in [5.41, 5.74) is 14.3. The van der Waals surface area contributed by atoms with Crippen LogP contribution < -0.4 is 0 Å². The molecule has 6 aromatic carbocycles. The van der Waals surface area contributed by atoms with Crippen LogP contribution in [0.25, 0.3) is 61.5 Å². The van der Waals surface area contributed by atoms with E-state index >= 15 is 0 Å². The summed E-state index contributed by atoms with van der Waals surface area (Å²) in [4.78, 5) is 5.46. The van der Waals surface area contributed by atoms with Gasteiger partial charge in [-0.15, -0.1) is 0 Å². The van der Waals surface area contributed by atoms with Crippen LogP contribution in [-0.4, -0.2) is 9.55 Å². The Morgan fingerprint density at radius 3 is 1.51 bits per heavy atom. The van der Waals surface area contributed by atoms with E-state index in [9.17, 15) is 0 Å². The van der Waals surface area contributed by atoms with Crippen molar-refractivity contribution >= 4 is 11.0 Å². The maximum absolute atomic E-state index is 5.46. The fraction of sp³-hybridized carbons (Fsp3) is 0.140. The van der Waals surface area contributed by atoms with Gasteiger partial charge in [-0.1, -0.05) is 155 Å². The first-order valence-electron chi connectivity index (χ1n) is 16.0. The second kappa shape index (κ2) is 12.1. The Kier molecular flexibility index (Phi) is 7.65. The summed E-state index contributed by atoms with van der Waals surface area (Å²) in [6.07, 6.45) is 0. The van der Waals surface area contributed by atoms with Gasteiger partial charge in [0.1, 0.15) is 5.82 Å². The van der Waals surface area contributed by atoms with Crippen molar-refractivity contribution in [3.63, 3.8) is 0 Å². The fourth-order valence-electron chi connectivity index (χ4n) is 6.48. The number of rotatable bonds is 7. The zero-order valence-electron chi connectivity index (χ0n) is 26.4. The minimum absolute atomic E-state index is 0.367.